The zero-order valence-electron chi connectivity index (χ0n) is 24.5. The minimum Gasteiger partial charge on any atom is -0.465 e. The number of thioether (sulfide) groups is 1. The standard InChI is InChI=1S/C31H50N2O5S/c1-7-10-12-14-17-38-30(37)25-24-19-22(6)31(39-24)26(25)28(35)33(23(20-34)18-21(4)5)27(31)29(36)32(15-9-3)16-13-11-8-2/h7,9,21-27,34H,1,3,8,10-20H2,2,4-6H3/t22?,23-,24+,25-,26+,27?,31?/m1/s1. The van der Waals surface area contributed by atoms with Crippen molar-refractivity contribution in [1.29, 1.82) is 0 Å². The van der Waals surface area contributed by atoms with Crippen molar-refractivity contribution in [2.75, 3.05) is 26.3 Å². The Balaban J connectivity index is 1.99. The second-order valence-corrected chi connectivity index (χ2v) is 13.5. The Kier molecular flexibility index (Phi) is 11.6. The average molecular weight is 563 g/mol. The fraction of sp³-hybridized carbons (Fsp3) is 0.774. The maximum Gasteiger partial charge on any atom is 0.310 e. The first-order chi connectivity index (χ1) is 18.7. The van der Waals surface area contributed by atoms with Crippen molar-refractivity contribution < 1.29 is 24.2 Å². The Hall–Kier alpha value is -1.80. The van der Waals surface area contributed by atoms with Crippen molar-refractivity contribution in [2.45, 2.75) is 101 Å². The molecule has 3 fully saturated rings. The van der Waals surface area contributed by atoms with Gasteiger partial charge in [-0.2, -0.15) is 0 Å². The Morgan fingerprint density at radius 1 is 1.23 bits per heavy atom. The summed E-state index contributed by atoms with van der Waals surface area (Å²) in [7, 11) is 0. The summed E-state index contributed by atoms with van der Waals surface area (Å²) < 4.78 is 5.02. The van der Waals surface area contributed by atoms with Gasteiger partial charge in [-0.25, -0.2) is 0 Å². The zero-order valence-corrected chi connectivity index (χ0v) is 25.3. The van der Waals surface area contributed by atoms with E-state index in [2.05, 4.69) is 40.9 Å². The number of hydrogen-bond donors (Lipinski definition) is 1. The molecule has 0 aromatic rings. The minimum atomic E-state index is -0.720. The van der Waals surface area contributed by atoms with Gasteiger partial charge >= 0.3 is 5.97 Å². The highest BCUT2D eigenvalue weighted by molar-refractivity contribution is 8.02. The van der Waals surface area contributed by atoms with Crippen molar-refractivity contribution in [1.82, 2.24) is 9.80 Å². The van der Waals surface area contributed by atoms with Crippen LogP contribution in [-0.4, -0.2) is 81.1 Å². The molecule has 2 bridgehead atoms. The number of fused-ring (bicyclic) bond motifs is 1. The van der Waals surface area contributed by atoms with E-state index in [4.69, 9.17) is 4.74 Å². The molecule has 3 heterocycles. The van der Waals surface area contributed by atoms with Gasteiger partial charge in [0.05, 0.1) is 35.8 Å². The third-order valence-electron chi connectivity index (χ3n) is 8.78. The molecule has 3 unspecified atom stereocenters. The van der Waals surface area contributed by atoms with Gasteiger partial charge in [-0.3, -0.25) is 14.4 Å². The van der Waals surface area contributed by atoms with E-state index in [0.29, 0.717) is 26.1 Å². The number of esters is 1. The second-order valence-electron chi connectivity index (χ2n) is 12.0. The summed E-state index contributed by atoms with van der Waals surface area (Å²) in [6.07, 6.45) is 10.4. The lowest BCUT2D eigenvalue weighted by Gasteiger charge is -2.42. The molecule has 2 amide bonds. The first-order valence-corrected chi connectivity index (χ1v) is 15.8. The Bertz CT molecular complexity index is 894. The van der Waals surface area contributed by atoms with Crippen LogP contribution in [-0.2, 0) is 19.1 Å². The lowest BCUT2D eigenvalue weighted by atomic mass is 9.66. The summed E-state index contributed by atoms with van der Waals surface area (Å²) in [4.78, 5) is 45.9. The monoisotopic (exact) mass is 562 g/mol. The number of allylic oxidation sites excluding steroid dienone is 1. The smallest absolute Gasteiger partial charge is 0.310 e. The highest BCUT2D eigenvalue weighted by Crippen LogP contribution is 2.69. The molecular formula is C31H50N2O5S. The fourth-order valence-electron chi connectivity index (χ4n) is 7.05. The summed E-state index contributed by atoms with van der Waals surface area (Å²) in [6.45, 7) is 17.1. The van der Waals surface area contributed by atoms with Gasteiger partial charge in [-0.05, 0) is 50.4 Å². The average Bonchev–Trinajstić information content (AvgIpc) is 3.49. The van der Waals surface area contributed by atoms with Crippen molar-refractivity contribution in [2.24, 2.45) is 23.7 Å². The third kappa shape index (κ3) is 6.27. The zero-order chi connectivity index (χ0) is 28.7. The van der Waals surface area contributed by atoms with Crippen LogP contribution in [0.15, 0.2) is 25.3 Å². The molecule has 3 aliphatic rings. The Morgan fingerprint density at radius 3 is 2.59 bits per heavy atom. The molecule has 1 N–H and O–H groups in total. The van der Waals surface area contributed by atoms with Gasteiger partial charge < -0.3 is 19.6 Å². The van der Waals surface area contributed by atoms with Crippen LogP contribution < -0.4 is 0 Å². The van der Waals surface area contributed by atoms with Gasteiger partial charge in [0.25, 0.3) is 0 Å². The predicted molar refractivity (Wildman–Crippen MR) is 157 cm³/mol. The van der Waals surface area contributed by atoms with Gasteiger partial charge in [0, 0.05) is 18.3 Å². The number of ether oxygens (including phenoxy) is 1. The molecular weight excluding hydrogens is 512 g/mol. The maximum absolute atomic E-state index is 14.5. The van der Waals surface area contributed by atoms with Crippen LogP contribution in [0.5, 0.6) is 0 Å². The summed E-state index contributed by atoms with van der Waals surface area (Å²) in [5.74, 6) is -1.44. The molecule has 3 rings (SSSR count). The molecule has 0 aromatic carbocycles. The number of carbonyl (C=O) groups is 3. The second kappa shape index (κ2) is 14.2. The summed E-state index contributed by atoms with van der Waals surface area (Å²) in [5.41, 5.74) is 0. The van der Waals surface area contributed by atoms with E-state index in [1.165, 1.54) is 0 Å². The minimum absolute atomic E-state index is 0.0438. The summed E-state index contributed by atoms with van der Waals surface area (Å²) in [6, 6.07) is -1.20. The van der Waals surface area contributed by atoms with Gasteiger partial charge in [0.2, 0.25) is 11.8 Å². The van der Waals surface area contributed by atoms with Crippen molar-refractivity contribution in [3.63, 3.8) is 0 Å². The third-order valence-corrected chi connectivity index (χ3v) is 10.9. The van der Waals surface area contributed by atoms with E-state index in [1.54, 1.807) is 22.7 Å². The highest BCUT2D eigenvalue weighted by atomic mass is 32.2. The number of rotatable bonds is 17. The predicted octanol–water partition coefficient (Wildman–Crippen LogP) is 4.83. The van der Waals surface area contributed by atoms with E-state index in [9.17, 15) is 19.5 Å². The van der Waals surface area contributed by atoms with Crippen LogP contribution in [0, 0.1) is 23.7 Å². The molecule has 3 aliphatic heterocycles. The molecule has 3 saturated heterocycles. The Labute approximate surface area is 239 Å². The van der Waals surface area contributed by atoms with Gasteiger partial charge in [0.1, 0.15) is 6.04 Å². The number of aliphatic hydroxyl groups is 1. The van der Waals surface area contributed by atoms with Crippen LogP contribution in [0.2, 0.25) is 0 Å². The van der Waals surface area contributed by atoms with Crippen molar-refractivity contribution >= 4 is 29.5 Å². The van der Waals surface area contributed by atoms with Crippen molar-refractivity contribution in [3.8, 4) is 0 Å². The molecule has 1 spiro atoms. The van der Waals surface area contributed by atoms with Crippen LogP contribution in [0.3, 0.4) is 0 Å². The quantitative estimate of drug-likeness (QED) is 0.155. The molecule has 0 aromatic heterocycles. The lowest BCUT2D eigenvalue weighted by Crippen LogP contribution is -2.59. The fourth-order valence-corrected chi connectivity index (χ4v) is 9.44. The number of likely N-dealkylation sites (tertiary alicyclic amines) is 1. The molecule has 39 heavy (non-hydrogen) atoms. The topological polar surface area (TPSA) is 87.2 Å². The summed E-state index contributed by atoms with van der Waals surface area (Å²) in [5, 5.41) is 10.4. The van der Waals surface area contributed by atoms with E-state index < -0.39 is 28.7 Å². The number of nitrogens with zero attached hydrogens (tertiary/aromatic N) is 2. The molecule has 0 aliphatic carbocycles. The molecule has 7 nitrogen and oxygen atoms in total. The summed E-state index contributed by atoms with van der Waals surface area (Å²) >= 11 is 1.66. The molecule has 8 heteroatoms. The first kappa shape index (κ1) is 31.7. The van der Waals surface area contributed by atoms with Gasteiger partial charge in [0.15, 0.2) is 0 Å². The number of carbonyl (C=O) groups excluding carboxylic acids is 3. The Morgan fingerprint density at radius 2 is 1.97 bits per heavy atom. The van der Waals surface area contributed by atoms with Crippen LogP contribution in [0.25, 0.3) is 0 Å². The van der Waals surface area contributed by atoms with Crippen LogP contribution in [0.1, 0.15) is 79.1 Å². The maximum atomic E-state index is 14.5. The van der Waals surface area contributed by atoms with Crippen molar-refractivity contribution in [3.05, 3.63) is 25.3 Å². The number of aliphatic hydroxyl groups excluding tert-OH is 1. The molecule has 0 saturated carbocycles. The lowest BCUT2D eigenvalue weighted by molar-refractivity contribution is -0.155. The van der Waals surface area contributed by atoms with E-state index in [1.807, 2.05) is 11.0 Å². The number of unbranched alkanes of at least 4 members (excludes halogenated alkanes) is 4. The number of amides is 2. The molecule has 7 atom stereocenters. The number of hydrogen-bond acceptors (Lipinski definition) is 6. The largest absolute Gasteiger partial charge is 0.465 e. The molecule has 220 valence electrons. The van der Waals surface area contributed by atoms with Gasteiger partial charge in [-0.15, -0.1) is 24.9 Å². The van der Waals surface area contributed by atoms with E-state index >= 15 is 0 Å². The van der Waals surface area contributed by atoms with Crippen LogP contribution >= 0.6 is 11.8 Å². The first-order valence-electron chi connectivity index (χ1n) is 15.0. The van der Waals surface area contributed by atoms with E-state index in [0.717, 1.165) is 44.9 Å². The normalized spacial score (nSPS) is 29.9. The van der Waals surface area contributed by atoms with E-state index in [-0.39, 0.29) is 41.5 Å². The molecule has 0 radical (unpaired) electrons. The highest BCUT2D eigenvalue weighted by Gasteiger charge is 2.77. The van der Waals surface area contributed by atoms with Gasteiger partial charge in [-0.1, -0.05) is 52.7 Å². The van der Waals surface area contributed by atoms with Crippen LogP contribution in [0.4, 0.5) is 0 Å². The SMILES string of the molecule is C=CCCCCOC(=O)[C@@H]1[C@@H]2CC(C)C3(S2)C(C(=O)N(CC=C)CCCCC)N([C@@H](CO)CC(C)C)C(=O)[C@H]13.